The molecule has 7 nitrogen and oxygen atoms in total. The summed E-state index contributed by atoms with van der Waals surface area (Å²) >= 11 is 0. The predicted octanol–water partition coefficient (Wildman–Crippen LogP) is 4.77. The molecule has 3 amide bonds. The average molecular weight is 473 g/mol. The molecule has 0 aliphatic carbocycles. The van der Waals surface area contributed by atoms with E-state index in [9.17, 15) is 14.4 Å². The molecule has 0 fully saturated rings. The minimum atomic E-state index is -0.324. The van der Waals surface area contributed by atoms with E-state index in [0.29, 0.717) is 47.0 Å². The largest absolute Gasteiger partial charge is 0.490 e. The zero-order chi connectivity index (χ0) is 24.9. The fourth-order valence-corrected chi connectivity index (χ4v) is 4.08. The van der Waals surface area contributed by atoms with Gasteiger partial charge in [0.15, 0.2) is 11.5 Å². The Morgan fingerprint density at radius 3 is 2.17 bits per heavy atom. The summed E-state index contributed by atoms with van der Waals surface area (Å²) in [6.07, 6.45) is 0. The van der Waals surface area contributed by atoms with Crippen molar-refractivity contribution in [3.8, 4) is 11.5 Å². The third kappa shape index (κ3) is 5.04. The zero-order valence-corrected chi connectivity index (χ0v) is 20.0. The highest BCUT2D eigenvalue weighted by Gasteiger charge is 2.35. The normalized spacial score (nSPS) is 13.4. The van der Waals surface area contributed by atoms with Gasteiger partial charge in [-0.15, -0.1) is 0 Å². The lowest BCUT2D eigenvalue weighted by atomic mass is 10.1. The number of carbonyl (C=O) groups excluding carboxylic acids is 3. The first-order valence-corrected chi connectivity index (χ1v) is 11.7. The molecule has 35 heavy (non-hydrogen) atoms. The Morgan fingerprint density at radius 1 is 0.857 bits per heavy atom. The van der Waals surface area contributed by atoms with Gasteiger partial charge in [-0.2, -0.15) is 0 Å². The van der Waals surface area contributed by atoms with Crippen molar-refractivity contribution in [1.82, 2.24) is 10.2 Å². The molecule has 0 radical (unpaired) electrons. The van der Waals surface area contributed by atoms with Gasteiger partial charge in [0.2, 0.25) is 0 Å². The van der Waals surface area contributed by atoms with Crippen molar-refractivity contribution < 1.29 is 23.9 Å². The number of carbonyl (C=O) groups is 3. The van der Waals surface area contributed by atoms with Gasteiger partial charge < -0.3 is 14.8 Å². The molecule has 3 aromatic carbocycles. The summed E-state index contributed by atoms with van der Waals surface area (Å²) in [7, 11) is 0. The molecule has 1 unspecified atom stereocenters. The van der Waals surface area contributed by atoms with Crippen LogP contribution in [0.3, 0.4) is 0 Å². The lowest BCUT2D eigenvalue weighted by molar-refractivity contribution is 0.0642. The van der Waals surface area contributed by atoms with Crippen LogP contribution in [0, 0.1) is 0 Å². The molecule has 7 heteroatoms. The maximum Gasteiger partial charge on any atom is 0.261 e. The molecule has 1 atom stereocenters. The van der Waals surface area contributed by atoms with Crippen molar-refractivity contribution in [2.45, 2.75) is 33.4 Å². The fourth-order valence-electron chi connectivity index (χ4n) is 4.08. The summed E-state index contributed by atoms with van der Waals surface area (Å²) in [4.78, 5) is 39.6. The number of nitrogens with one attached hydrogen (secondary N) is 1. The molecule has 0 saturated heterocycles. The van der Waals surface area contributed by atoms with Gasteiger partial charge >= 0.3 is 0 Å². The Kier molecular flexibility index (Phi) is 7.15. The highest BCUT2D eigenvalue weighted by Crippen LogP contribution is 2.31. The van der Waals surface area contributed by atoms with Crippen LogP contribution in [-0.4, -0.2) is 35.8 Å². The molecule has 0 spiro atoms. The highest BCUT2D eigenvalue weighted by molar-refractivity contribution is 6.21. The van der Waals surface area contributed by atoms with E-state index in [2.05, 4.69) is 5.32 Å². The number of hydrogen-bond acceptors (Lipinski definition) is 5. The number of benzene rings is 3. The molecule has 180 valence electrons. The Labute approximate surface area is 204 Å². The van der Waals surface area contributed by atoms with Crippen molar-refractivity contribution in [1.29, 1.82) is 0 Å². The van der Waals surface area contributed by atoms with Crippen molar-refractivity contribution in [3.63, 3.8) is 0 Å². The molecular formula is C28H28N2O5. The number of imide groups is 1. The lowest BCUT2D eigenvalue weighted by Gasteiger charge is -2.18. The molecule has 0 bridgehead atoms. The summed E-state index contributed by atoms with van der Waals surface area (Å²) in [6, 6.07) is 19.1. The second kappa shape index (κ2) is 10.4. The van der Waals surface area contributed by atoms with E-state index < -0.39 is 0 Å². The molecule has 3 aromatic rings. The second-order valence-corrected chi connectivity index (χ2v) is 8.21. The van der Waals surface area contributed by atoms with Crippen LogP contribution in [0.15, 0.2) is 66.7 Å². The molecule has 1 aliphatic rings. The first-order chi connectivity index (χ1) is 16.9. The first-order valence-electron chi connectivity index (χ1n) is 11.7. The third-order valence-corrected chi connectivity index (χ3v) is 5.82. The minimum Gasteiger partial charge on any atom is -0.490 e. The maximum absolute atomic E-state index is 13.0. The molecule has 0 aromatic heterocycles. The van der Waals surface area contributed by atoms with Crippen LogP contribution in [0.25, 0.3) is 0 Å². The number of rotatable bonds is 9. The third-order valence-electron chi connectivity index (χ3n) is 5.82. The molecule has 1 heterocycles. The average Bonchev–Trinajstić information content (AvgIpc) is 3.10. The van der Waals surface area contributed by atoms with E-state index >= 15 is 0 Å². The number of ether oxygens (including phenoxy) is 2. The molecule has 0 saturated carbocycles. The van der Waals surface area contributed by atoms with Gasteiger partial charge in [0.05, 0.1) is 36.9 Å². The molecule has 4 rings (SSSR count). The Hall–Kier alpha value is -4.13. The smallest absolute Gasteiger partial charge is 0.261 e. The van der Waals surface area contributed by atoms with Gasteiger partial charge in [0.1, 0.15) is 0 Å². The van der Waals surface area contributed by atoms with Gasteiger partial charge in [-0.05, 0) is 68.3 Å². The van der Waals surface area contributed by atoms with Gasteiger partial charge in [-0.1, -0.05) is 30.3 Å². The summed E-state index contributed by atoms with van der Waals surface area (Å²) in [5.41, 5.74) is 2.83. The molecule has 1 aliphatic heterocycles. The van der Waals surface area contributed by atoms with Crippen molar-refractivity contribution in [2.24, 2.45) is 0 Å². The Balaban J connectivity index is 1.46. The van der Waals surface area contributed by atoms with Gasteiger partial charge in [0.25, 0.3) is 17.7 Å². The van der Waals surface area contributed by atoms with Crippen molar-refractivity contribution in [3.05, 3.63) is 94.5 Å². The topological polar surface area (TPSA) is 84.9 Å². The SMILES string of the molecule is CCOc1ccc(C(C)NC(=O)c2cccc(CN3C(=O)c4ccccc4C3=O)c2)cc1OCC. The van der Waals surface area contributed by atoms with Gasteiger partial charge in [0, 0.05) is 5.56 Å². The Bertz CT molecular complexity index is 1230. The van der Waals surface area contributed by atoms with Gasteiger partial charge in [-0.3, -0.25) is 19.3 Å². The second-order valence-electron chi connectivity index (χ2n) is 8.21. The number of amides is 3. The zero-order valence-electron chi connectivity index (χ0n) is 20.0. The van der Waals surface area contributed by atoms with E-state index in [4.69, 9.17) is 9.47 Å². The van der Waals surface area contributed by atoms with Crippen LogP contribution in [-0.2, 0) is 6.54 Å². The fraction of sp³-hybridized carbons (Fsp3) is 0.250. The van der Waals surface area contributed by atoms with E-state index in [1.807, 2.05) is 39.0 Å². The Morgan fingerprint density at radius 2 is 1.51 bits per heavy atom. The minimum absolute atomic E-state index is 0.0969. The van der Waals surface area contributed by atoms with Crippen molar-refractivity contribution >= 4 is 17.7 Å². The summed E-state index contributed by atoms with van der Waals surface area (Å²) in [5, 5.41) is 3.00. The maximum atomic E-state index is 13.0. The van der Waals surface area contributed by atoms with Crippen LogP contribution in [0.2, 0.25) is 0 Å². The van der Waals surface area contributed by atoms with Crippen molar-refractivity contribution in [2.75, 3.05) is 13.2 Å². The first kappa shape index (κ1) is 24.0. The van der Waals surface area contributed by atoms with Crippen LogP contribution in [0.4, 0.5) is 0 Å². The van der Waals surface area contributed by atoms with E-state index in [1.54, 1.807) is 48.5 Å². The molecule has 1 N–H and O–H groups in total. The standard InChI is InChI=1S/C28H28N2O5/c1-4-34-24-14-13-20(16-25(24)35-5-2)18(3)29-26(31)21-10-8-9-19(15-21)17-30-27(32)22-11-6-7-12-23(22)28(30)33/h6-16,18H,4-5,17H2,1-3H3,(H,29,31). The van der Waals surface area contributed by atoms with Crippen LogP contribution < -0.4 is 14.8 Å². The summed E-state index contributed by atoms with van der Waals surface area (Å²) in [6.45, 7) is 6.84. The number of hydrogen-bond donors (Lipinski definition) is 1. The van der Waals surface area contributed by atoms with Crippen LogP contribution in [0.1, 0.15) is 69.0 Å². The number of fused-ring (bicyclic) bond motifs is 1. The van der Waals surface area contributed by atoms with E-state index in [1.165, 1.54) is 4.90 Å². The summed E-state index contributed by atoms with van der Waals surface area (Å²) in [5.74, 6) is 0.395. The quantitative estimate of drug-likeness (QED) is 0.454. The van der Waals surface area contributed by atoms with Gasteiger partial charge in [-0.25, -0.2) is 0 Å². The predicted molar refractivity (Wildman–Crippen MR) is 132 cm³/mol. The monoisotopic (exact) mass is 472 g/mol. The van der Waals surface area contributed by atoms with Crippen LogP contribution >= 0.6 is 0 Å². The number of nitrogens with zero attached hydrogens (tertiary/aromatic N) is 1. The molecular weight excluding hydrogens is 444 g/mol. The van der Waals surface area contributed by atoms with E-state index in [0.717, 1.165) is 5.56 Å². The van der Waals surface area contributed by atoms with Crippen LogP contribution in [0.5, 0.6) is 11.5 Å². The lowest BCUT2D eigenvalue weighted by Crippen LogP contribution is -2.29. The summed E-state index contributed by atoms with van der Waals surface area (Å²) < 4.78 is 11.3. The van der Waals surface area contributed by atoms with E-state index in [-0.39, 0.29) is 30.3 Å². The highest BCUT2D eigenvalue weighted by atomic mass is 16.5.